The van der Waals surface area contributed by atoms with Crippen LogP contribution in [0.15, 0.2) is 48.5 Å². The maximum absolute atomic E-state index is 13.8. The highest BCUT2D eigenvalue weighted by atomic mass is 79.9. The van der Waals surface area contributed by atoms with Gasteiger partial charge in [0.25, 0.3) is 0 Å². The van der Waals surface area contributed by atoms with Crippen molar-refractivity contribution in [2.45, 2.75) is 6.42 Å². The fourth-order valence-electron chi connectivity index (χ4n) is 1.63. The topological polar surface area (TPSA) is 0 Å². The van der Waals surface area contributed by atoms with Crippen LogP contribution in [0.1, 0.15) is 11.1 Å². The summed E-state index contributed by atoms with van der Waals surface area (Å²) in [7, 11) is 0. The largest absolute Gasteiger partial charge is 0.206 e. The molecule has 0 atom stereocenters. The molecule has 2 rings (SSSR count). The van der Waals surface area contributed by atoms with Gasteiger partial charge in [-0.2, -0.15) is 0 Å². The molecule has 0 fully saturated rings. The van der Waals surface area contributed by atoms with E-state index < -0.39 is 5.33 Å². The molecule has 17 heavy (non-hydrogen) atoms. The van der Waals surface area contributed by atoms with Gasteiger partial charge in [0.1, 0.15) is 5.82 Å². The van der Waals surface area contributed by atoms with Crippen molar-refractivity contribution in [3.8, 4) is 0 Å². The minimum Gasteiger partial charge on any atom is -0.206 e. The molecule has 0 radical (unpaired) electrons. The summed E-state index contributed by atoms with van der Waals surface area (Å²) in [6.07, 6.45) is 0.764. The van der Waals surface area contributed by atoms with Crippen LogP contribution in [0.5, 0.6) is 0 Å². The Morgan fingerprint density at radius 2 is 1.65 bits per heavy atom. The number of benzene rings is 2. The van der Waals surface area contributed by atoms with E-state index >= 15 is 0 Å². The maximum atomic E-state index is 13.8. The second kappa shape index (κ2) is 6.08. The van der Waals surface area contributed by atoms with E-state index in [1.165, 1.54) is 5.56 Å². The zero-order valence-corrected chi connectivity index (χ0v) is 13.0. The molecule has 88 valence electrons. The van der Waals surface area contributed by atoms with Crippen LogP contribution in [0.4, 0.5) is 4.39 Å². The third-order valence-electron chi connectivity index (χ3n) is 2.45. The molecule has 2 aromatic rings. The van der Waals surface area contributed by atoms with Crippen molar-refractivity contribution in [1.82, 2.24) is 0 Å². The Morgan fingerprint density at radius 1 is 0.941 bits per heavy atom. The molecule has 0 nitrogen and oxygen atoms in total. The van der Waals surface area contributed by atoms with Gasteiger partial charge >= 0.3 is 0 Å². The highest BCUT2D eigenvalue weighted by Crippen LogP contribution is 2.51. The molecule has 4 heteroatoms. The summed E-state index contributed by atoms with van der Waals surface area (Å²) >= 11 is 6.73. The lowest BCUT2D eigenvalue weighted by Gasteiger charge is -2.07. The van der Waals surface area contributed by atoms with Crippen LogP contribution >= 0.6 is 36.3 Å². The first kappa shape index (κ1) is 13.2. The molecule has 0 saturated heterocycles. The van der Waals surface area contributed by atoms with Gasteiger partial charge < -0.3 is 0 Å². The molecule has 0 bridgehead atoms. The maximum Gasteiger partial charge on any atom is 0.132 e. The molecule has 0 aliphatic carbocycles. The average Bonchev–Trinajstić information content (AvgIpc) is 2.30. The van der Waals surface area contributed by atoms with Gasteiger partial charge in [0.2, 0.25) is 0 Å². The van der Waals surface area contributed by atoms with Gasteiger partial charge in [-0.25, -0.2) is 4.39 Å². The first-order valence-corrected chi connectivity index (χ1v) is 10.5. The summed E-state index contributed by atoms with van der Waals surface area (Å²) in [6, 6.07) is 15.5. The van der Waals surface area contributed by atoms with Gasteiger partial charge in [0, 0.05) is 5.30 Å². The van der Waals surface area contributed by atoms with Crippen LogP contribution in [-0.4, -0.2) is 0 Å². The molecular formula is C13H10Br2FP. The fourth-order valence-corrected chi connectivity index (χ4v) is 3.77. The van der Waals surface area contributed by atoms with Gasteiger partial charge in [-0.1, -0.05) is 36.4 Å². The van der Waals surface area contributed by atoms with Crippen molar-refractivity contribution in [3.63, 3.8) is 0 Å². The Kier molecular flexibility index (Phi) is 4.72. The molecule has 0 aromatic heterocycles. The van der Waals surface area contributed by atoms with E-state index in [0.29, 0.717) is 5.30 Å². The minimum atomic E-state index is -0.738. The average molecular weight is 376 g/mol. The van der Waals surface area contributed by atoms with Crippen molar-refractivity contribution in [1.29, 1.82) is 0 Å². The summed E-state index contributed by atoms with van der Waals surface area (Å²) in [4.78, 5) is 0. The lowest BCUT2D eigenvalue weighted by atomic mass is 10.1. The molecule has 0 N–H and O–H groups in total. The Bertz CT molecular complexity index is 500. The van der Waals surface area contributed by atoms with Crippen molar-refractivity contribution < 1.29 is 4.39 Å². The number of hydrogen-bond donors (Lipinski definition) is 0. The molecule has 0 aliphatic rings. The third kappa shape index (κ3) is 3.61. The van der Waals surface area contributed by atoms with Gasteiger partial charge in [0.05, 0.1) is 5.33 Å². The summed E-state index contributed by atoms with van der Waals surface area (Å²) in [5.41, 5.74) is 2.19. The summed E-state index contributed by atoms with van der Waals surface area (Å²) in [5.74, 6) is -0.154. The van der Waals surface area contributed by atoms with E-state index in [-0.39, 0.29) is 5.82 Å². The number of rotatable bonds is 3. The van der Waals surface area contributed by atoms with Crippen LogP contribution in [0.2, 0.25) is 0 Å². The first-order valence-electron chi connectivity index (χ1n) is 5.11. The van der Waals surface area contributed by atoms with Crippen LogP contribution in [0.3, 0.4) is 0 Å². The minimum absolute atomic E-state index is 0.154. The molecule has 0 saturated carbocycles. The van der Waals surface area contributed by atoms with Crippen LogP contribution in [0, 0.1) is 5.82 Å². The van der Waals surface area contributed by atoms with E-state index in [1.807, 2.05) is 42.5 Å². The van der Waals surface area contributed by atoms with Gasteiger partial charge in [-0.15, -0.1) is 0 Å². The first-order chi connectivity index (χ1) is 8.16. The Morgan fingerprint density at radius 3 is 2.24 bits per heavy atom. The SMILES string of the molecule is Fc1cc(Cc2ccccc2)ccc1P(Br)Br. The van der Waals surface area contributed by atoms with Crippen LogP contribution in [-0.2, 0) is 6.42 Å². The van der Waals surface area contributed by atoms with Gasteiger partial charge in [-0.05, 0) is 60.7 Å². The molecule has 0 heterocycles. The van der Waals surface area contributed by atoms with E-state index in [9.17, 15) is 4.39 Å². The molecule has 2 aromatic carbocycles. The Hall–Kier alpha value is -0.240. The van der Waals surface area contributed by atoms with E-state index in [2.05, 4.69) is 31.0 Å². The van der Waals surface area contributed by atoms with Crippen molar-refractivity contribution in [3.05, 3.63) is 65.5 Å². The second-order valence-electron chi connectivity index (χ2n) is 3.68. The Labute approximate surface area is 117 Å². The van der Waals surface area contributed by atoms with Crippen LogP contribution < -0.4 is 5.30 Å². The molecular weight excluding hydrogens is 366 g/mol. The Balaban J connectivity index is 2.21. The second-order valence-corrected chi connectivity index (χ2v) is 11.7. The van der Waals surface area contributed by atoms with Gasteiger partial charge in [-0.3, -0.25) is 0 Å². The van der Waals surface area contributed by atoms with E-state index in [0.717, 1.165) is 12.0 Å². The van der Waals surface area contributed by atoms with Crippen molar-refractivity contribution in [2.24, 2.45) is 0 Å². The highest BCUT2D eigenvalue weighted by molar-refractivity contribution is 9.70. The normalized spacial score (nSPS) is 10.8. The predicted molar refractivity (Wildman–Crippen MR) is 80.1 cm³/mol. The summed E-state index contributed by atoms with van der Waals surface area (Å²) in [5, 5.41) is -0.0466. The monoisotopic (exact) mass is 374 g/mol. The summed E-state index contributed by atoms with van der Waals surface area (Å²) < 4.78 is 13.8. The van der Waals surface area contributed by atoms with E-state index in [1.54, 1.807) is 6.07 Å². The summed E-state index contributed by atoms with van der Waals surface area (Å²) in [6.45, 7) is 0. The number of halogens is 3. The molecule has 0 amide bonds. The molecule has 0 aliphatic heterocycles. The smallest absolute Gasteiger partial charge is 0.132 e. The predicted octanol–water partition coefficient (Wildman–Crippen LogP) is 5.14. The van der Waals surface area contributed by atoms with Gasteiger partial charge in [0.15, 0.2) is 0 Å². The van der Waals surface area contributed by atoms with Crippen molar-refractivity contribution in [2.75, 3.05) is 0 Å². The van der Waals surface area contributed by atoms with Crippen molar-refractivity contribution >= 4 is 41.6 Å². The standard InChI is InChI=1S/C13H10Br2FP/c14-17(15)13-7-6-11(9-12(13)16)8-10-4-2-1-3-5-10/h1-7,9H,8H2. The lowest BCUT2D eigenvalue weighted by molar-refractivity contribution is 0.634. The zero-order valence-electron chi connectivity index (χ0n) is 8.91. The fraction of sp³-hybridized carbons (Fsp3) is 0.0769. The number of hydrogen-bond acceptors (Lipinski definition) is 0. The highest BCUT2D eigenvalue weighted by Gasteiger charge is 2.09. The van der Waals surface area contributed by atoms with E-state index in [4.69, 9.17) is 0 Å². The third-order valence-corrected chi connectivity index (χ3v) is 5.46. The lowest BCUT2D eigenvalue weighted by Crippen LogP contribution is -2.02. The zero-order chi connectivity index (χ0) is 12.3. The molecule has 0 unspecified atom stereocenters. The van der Waals surface area contributed by atoms with Crippen LogP contribution in [0.25, 0.3) is 0 Å². The molecule has 0 spiro atoms. The quantitative estimate of drug-likeness (QED) is 0.651.